The first kappa shape index (κ1) is 20.8. The molecule has 0 aromatic heterocycles. The number of rotatable bonds is 3. The van der Waals surface area contributed by atoms with E-state index in [2.05, 4.69) is 5.43 Å². The van der Waals surface area contributed by atoms with Gasteiger partial charge in [0.1, 0.15) is 17.2 Å². The van der Waals surface area contributed by atoms with Gasteiger partial charge >= 0.3 is 12.2 Å². The van der Waals surface area contributed by atoms with Gasteiger partial charge in [-0.15, -0.1) is 0 Å². The van der Waals surface area contributed by atoms with Crippen molar-refractivity contribution in [1.82, 2.24) is 10.4 Å². The first-order chi connectivity index (χ1) is 11.4. The van der Waals surface area contributed by atoms with E-state index in [1.165, 1.54) is 0 Å². The van der Waals surface area contributed by atoms with Gasteiger partial charge < -0.3 is 14.6 Å². The summed E-state index contributed by atoms with van der Waals surface area (Å²) in [6, 6.07) is 8.04. The predicted octanol–water partition coefficient (Wildman–Crippen LogP) is 3.40. The fourth-order valence-corrected chi connectivity index (χ4v) is 1.97. The molecule has 0 unspecified atom stereocenters. The lowest BCUT2D eigenvalue weighted by atomic mass is 10.1. The average molecular weight is 352 g/mol. The van der Waals surface area contributed by atoms with Crippen molar-refractivity contribution in [3.63, 3.8) is 0 Å². The Morgan fingerprint density at radius 1 is 1.04 bits per heavy atom. The van der Waals surface area contributed by atoms with Crippen molar-refractivity contribution >= 4 is 12.2 Å². The Morgan fingerprint density at radius 3 is 2.00 bits per heavy atom. The van der Waals surface area contributed by atoms with Gasteiger partial charge in [0.15, 0.2) is 0 Å². The minimum absolute atomic E-state index is 0.404. The molecule has 0 fully saturated rings. The Hall–Kier alpha value is -2.28. The third-order valence-electron chi connectivity index (χ3n) is 2.87. The number of ether oxygens (including phenoxy) is 2. The maximum atomic E-state index is 12.6. The molecule has 0 bridgehead atoms. The molecule has 1 rings (SSSR count). The summed E-state index contributed by atoms with van der Waals surface area (Å²) in [6.07, 6.45) is -1.60. The fraction of sp³-hybridized carbons (Fsp3) is 0.556. The quantitative estimate of drug-likeness (QED) is 0.814. The van der Waals surface area contributed by atoms with Crippen LogP contribution in [0.25, 0.3) is 0 Å². The van der Waals surface area contributed by atoms with Crippen LogP contribution in [-0.4, -0.2) is 40.1 Å². The number of hydrogen-bond acceptors (Lipinski definition) is 5. The molecule has 2 amide bonds. The van der Waals surface area contributed by atoms with E-state index >= 15 is 0 Å². The number of amides is 2. The molecule has 0 aliphatic heterocycles. The van der Waals surface area contributed by atoms with Gasteiger partial charge in [-0.05, 0) is 47.1 Å². The highest BCUT2D eigenvalue weighted by Crippen LogP contribution is 2.21. The Bertz CT molecular complexity index is 575. The summed E-state index contributed by atoms with van der Waals surface area (Å²) in [5, 5.41) is 10.8. The summed E-state index contributed by atoms with van der Waals surface area (Å²) in [7, 11) is 0. The first-order valence-electron chi connectivity index (χ1n) is 8.10. The highest BCUT2D eigenvalue weighted by atomic mass is 16.6. The molecule has 0 aliphatic carbocycles. The number of aliphatic hydroxyl groups excluding tert-OH is 1. The second-order valence-electron chi connectivity index (χ2n) is 7.57. The number of hydrazine groups is 1. The lowest BCUT2D eigenvalue weighted by Crippen LogP contribution is -2.52. The summed E-state index contributed by atoms with van der Waals surface area (Å²) in [4.78, 5) is 24.7. The zero-order chi connectivity index (χ0) is 19.3. The van der Waals surface area contributed by atoms with E-state index in [1.807, 2.05) is 6.07 Å². The summed E-state index contributed by atoms with van der Waals surface area (Å²) in [5.74, 6) is 0. The molecular formula is C18H28N2O5. The minimum Gasteiger partial charge on any atom is -0.443 e. The molecule has 0 radical (unpaired) electrons. The van der Waals surface area contributed by atoms with E-state index in [-0.39, 0.29) is 0 Å². The minimum atomic E-state index is -0.816. The predicted molar refractivity (Wildman–Crippen MR) is 93.7 cm³/mol. The van der Waals surface area contributed by atoms with E-state index in [9.17, 15) is 14.7 Å². The van der Waals surface area contributed by atoms with Crippen LogP contribution in [0, 0.1) is 0 Å². The third kappa shape index (κ3) is 7.43. The number of carbonyl (C=O) groups excluding carboxylic acids is 2. The Labute approximate surface area is 148 Å². The molecule has 2 N–H and O–H groups in total. The molecule has 0 saturated heterocycles. The molecule has 0 aliphatic rings. The highest BCUT2D eigenvalue weighted by Gasteiger charge is 2.32. The average Bonchev–Trinajstić information content (AvgIpc) is 2.44. The maximum Gasteiger partial charge on any atom is 0.429 e. The van der Waals surface area contributed by atoms with Crippen LogP contribution in [0.3, 0.4) is 0 Å². The second kappa shape index (κ2) is 8.20. The molecule has 0 heterocycles. The summed E-state index contributed by atoms with van der Waals surface area (Å²) in [5.41, 5.74) is 1.54. The highest BCUT2D eigenvalue weighted by molar-refractivity contribution is 5.75. The van der Waals surface area contributed by atoms with E-state index in [4.69, 9.17) is 9.47 Å². The first-order valence-corrected chi connectivity index (χ1v) is 8.10. The molecule has 1 aromatic carbocycles. The Balaban J connectivity index is 3.09. The molecular weight excluding hydrogens is 324 g/mol. The van der Waals surface area contributed by atoms with E-state index in [0.717, 1.165) is 5.01 Å². The van der Waals surface area contributed by atoms with Crippen LogP contribution in [0.2, 0.25) is 0 Å². The van der Waals surface area contributed by atoms with Crippen molar-refractivity contribution in [2.75, 3.05) is 6.61 Å². The zero-order valence-electron chi connectivity index (χ0n) is 15.7. The Kier molecular flexibility index (Phi) is 6.81. The van der Waals surface area contributed by atoms with Gasteiger partial charge in [-0.3, -0.25) is 0 Å². The third-order valence-corrected chi connectivity index (χ3v) is 2.87. The zero-order valence-corrected chi connectivity index (χ0v) is 15.7. The van der Waals surface area contributed by atoms with Crippen LogP contribution >= 0.6 is 0 Å². The van der Waals surface area contributed by atoms with Crippen LogP contribution in [-0.2, 0) is 9.47 Å². The van der Waals surface area contributed by atoms with Crippen LogP contribution in [0.15, 0.2) is 30.3 Å². The van der Waals surface area contributed by atoms with Gasteiger partial charge in [-0.2, -0.15) is 0 Å². The van der Waals surface area contributed by atoms with Gasteiger partial charge in [-0.25, -0.2) is 20.0 Å². The fourth-order valence-electron chi connectivity index (χ4n) is 1.97. The van der Waals surface area contributed by atoms with Gasteiger partial charge in [0.25, 0.3) is 0 Å². The van der Waals surface area contributed by atoms with Gasteiger partial charge in [0.05, 0.1) is 6.61 Å². The number of aliphatic hydroxyl groups is 1. The molecule has 0 saturated carbocycles. The Morgan fingerprint density at radius 2 is 1.56 bits per heavy atom. The molecule has 0 spiro atoms. The topological polar surface area (TPSA) is 88.1 Å². The summed E-state index contributed by atoms with van der Waals surface area (Å²) >= 11 is 0. The van der Waals surface area contributed by atoms with Gasteiger partial charge in [0, 0.05) is 0 Å². The lowest BCUT2D eigenvalue weighted by Gasteiger charge is -2.33. The number of carbonyl (C=O) groups is 2. The molecule has 7 nitrogen and oxygen atoms in total. The summed E-state index contributed by atoms with van der Waals surface area (Å²) < 4.78 is 10.5. The van der Waals surface area contributed by atoms with E-state index in [1.54, 1.807) is 65.8 Å². The summed E-state index contributed by atoms with van der Waals surface area (Å²) in [6.45, 7) is 9.88. The largest absolute Gasteiger partial charge is 0.443 e. The van der Waals surface area contributed by atoms with Crippen molar-refractivity contribution < 1.29 is 24.2 Å². The van der Waals surface area contributed by atoms with Crippen molar-refractivity contribution in [2.24, 2.45) is 0 Å². The van der Waals surface area contributed by atoms with Crippen LogP contribution in [0.4, 0.5) is 9.59 Å². The normalized spacial score (nSPS) is 12.9. The number of hydrogen-bond donors (Lipinski definition) is 2. The van der Waals surface area contributed by atoms with Crippen LogP contribution < -0.4 is 5.43 Å². The van der Waals surface area contributed by atoms with Crippen molar-refractivity contribution in [3.8, 4) is 0 Å². The number of benzene rings is 1. The second-order valence-corrected chi connectivity index (χ2v) is 7.57. The van der Waals surface area contributed by atoms with Crippen LogP contribution in [0.5, 0.6) is 0 Å². The van der Waals surface area contributed by atoms with Crippen LogP contribution in [0.1, 0.15) is 53.1 Å². The number of nitrogens with one attached hydrogen (secondary N) is 1. The van der Waals surface area contributed by atoms with Crippen molar-refractivity contribution in [2.45, 2.75) is 58.8 Å². The molecule has 1 atom stereocenters. The van der Waals surface area contributed by atoms with Gasteiger partial charge in [-0.1, -0.05) is 30.3 Å². The smallest absolute Gasteiger partial charge is 0.429 e. The van der Waals surface area contributed by atoms with Crippen molar-refractivity contribution in [1.29, 1.82) is 0 Å². The molecule has 25 heavy (non-hydrogen) atoms. The van der Waals surface area contributed by atoms with E-state index in [0.29, 0.717) is 5.56 Å². The number of nitrogens with zero attached hydrogens (tertiary/aromatic N) is 1. The standard InChI is InChI=1S/C18H28N2O5/c1-17(2,3)24-15(22)19-20(16(23)25-18(4,5)6)14(12-21)13-10-8-7-9-11-13/h7-11,14,21H,12H2,1-6H3,(H,19,22)/t14-/m1/s1. The SMILES string of the molecule is CC(C)(C)OC(=O)NN(C(=O)OC(C)(C)C)[C@H](CO)c1ccccc1. The maximum absolute atomic E-state index is 12.6. The van der Waals surface area contributed by atoms with E-state index < -0.39 is 36.0 Å². The van der Waals surface area contributed by atoms with Gasteiger partial charge in [0.2, 0.25) is 0 Å². The monoisotopic (exact) mass is 352 g/mol. The molecule has 1 aromatic rings. The molecule has 7 heteroatoms. The van der Waals surface area contributed by atoms with Crippen molar-refractivity contribution in [3.05, 3.63) is 35.9 Å². The molecule has 140 valence electrons. The lowest BCUT2D eigenvalue weighted by molar-refractivity contribution is -0.0169.